The van der Waals surface area contributed by atoms with Crippen molar-refractivity contribution in [3.8, 4) is 22.8 Å². The van der Waals surface area contributed by atoms with E-state index in [-0.39, 0.29) is 12.1 Å². The van der Waals surface area contributed by atoms with E-state index >= 15 is 0 Å². The first-order valence-corrected chi connectivity index (χ1v) is 11.3. The number of ether oxygens (including phenoxy) is 2. The molecule has 2 aromatic heterocycles. The second-order valence-corrected chi connectivity index (χ2v) is 8.63. The standard InChI is InChI=1S/C25H25N5O3/c1-16-13-17(7-9-26-16)20-4-5-21-24(28-20)30(19-8-10-29(21)15-19)25(31)27-18-3-6-22-23(14-18)33-12-2-11-32-22/h3-7,9,13-14,19H,2,8,10-12,15H2,1H3,(H,27,31)/t19-/m0/s1. The van der Waals surface area contributed by atoms with Gasteiger partial charge >= 0.3 is 6.03 Å². The molecule has 0 aliphatic carbocycles. The van der Waals surface area contributed by atoms with Crippen molar-refractivity contribution >= 4 is 23.2 Å². The number of hydrogen-bond donors (Lipinski definition) is 1. The number of carbonyl (C=O) groups is 1. The van der Waals surface area contributed by atoms with Crippen molar-refractivity contribution in [2.45, 2.75) is 25.8 Å². The van der Waals surface area contributed by atoms with Gasteiger partial charge in [0.15, 0.2) is 17.3 Å². The van der Waals surface area contributed by atoms with Crippen molar-refractivity contribution in [3.63, 3.8) is 0 Å². The van der Waals surface area contributed by atoms with Gasteiger partial charge in [0.05, 0.1) is 30.6 Å². The lowest BCUT2D eigenvalue weighted by Gasteiger charge is -2.36. The minimum atomic E-state index is -0.187. The van der Waals surface area contributed by atoms with Crippen LogP contribution in [0.3, 0.4) is 0 Å². The van der Waals surface area contributed by atoms with Crippen LogP contribution in [0.2, 0.25) is 0 Å². The van der Waals surface area contributed by atoms with Crippen molar-refractivity contribution in [2.75, 3.05) is 41.4 Å². The molecule has 1 atom stereocenters. The molecule has 1 aromatic carbocycles. The number of benzene rings is 1. The number of fused-ring (bicyclic) bond motifs is 5. The van der Waals surface area contributed by atoms with Crippen LogP contribution in [0.4, 0.5) is 22.0 Å². The smallest absolute Gasteiger partial charge is 0.327 e. The number of carbonyl (C=O) groups excluding carboxylic acids is 1. The maximum absolute atomic E-state index is 13.5. The van der Waals surface area contributed by atoms with Gasteiger partial charge in [-0.3, -0.25) is 9.88 Å². The molecule has 3 aliphatic heterocycles. The molecule has 0 unspecified atom stereocenters. The fourth-order valence-electron chi connectivity index (χ4n) is 4.76. The van der Waals surface area contributed by atoms with Gasteiger partial charge in [-0.2, -0.15) is 0 Å². The number of anilines is 3. The summed E-state index contributed by atoms with van der Waals surface area (Å²) in [5, 5.41) is 3.06. The lowest BCUT2D eigenvalue weighted by molar-refractivity contribution is 0.255. The van der Waals surface area contributed by atoms with Crippen LogP contribution in [-0.2, 0) is 0 Å². The van der Waals surface area contributed by atoms with Gasteiger partial charge in [-0.25, -0.2) is 9.78 Å². The van der Waals surface area contributed by atoms with Gasteiger partial charge in [-0.15, -0.1) is 0 Å². The Hall–Kier alpha value is -3.81. The molecule has 2 bridgehead atoms. The molecule has 0 spiro atoms. The molecule has 1 fully saturated rings. The lowest BCUT2D eigenvalue weighted by Crippen LogP contribution is -2.48. The monoisotopic (exact) mass is 443 g/mol. The first-order chi connectivity index (χ1) is 16.2. The Labute approximate surface area is 192 Å². The molecule has 1 N–H and O–H groups in total. The summed E-state index contributed by atoms with van der Waals surface area (Å²) < 4.78 is 11.5. The highest BCUT2D eigenvalue weighted by molar-refractivity contribution is 6.05. The molecule has 0 saturated carbocycles. The van der Waals surface area contributed by atoms with Crippen molar-refractivity contribution in [1.82, 2.24) is 9.97 Å². The molecule has 3 aliphatic rings. The van der Waals surface area contributed by atoms with Gasteiger partial charge in [0.2, 0.25) is 0 Å². The maximum atomic E-state index is 13.5. The third-order valence-electron chi connectivity index (χ3n) is 6.36. The first kappa shape index (κ1) is 19.8. The van der Waals surface area contributed by atoms with E-state index in [0.29, 0.717) is 36.2 Å². The predicted octanol–water partition coefficient (Wildman–Crippen LogP) is 4.24. The zero-order valence-corrected chi connectivity index (χ0v) is 18.5. The number of nitrogens with one attached hydrogen (secondary N) is 1. The van der Waals surface area contributed by atoms with Crippen molar-refractivity contribution in [1.29, 1.82) is 0 Å². The van der Waals surface area contributed by atoms with E-state index < -0.39 is 0 Å². The third-order valence-corrected chi connectivity index (χ3v) is 6.36. The Balaban J connectivity index is 1.33. The molecular formula is C25H25N5O3. The number of nitrogens with zero attached hydrogens (tertiary/aromatic N) is 4. The number of hydrogen-bond acceptors (Lipinski definition) is 6. The number of aryl methyl sites for hydroxylation is 1. The molecule has 33 heavy (non-hydrogen) atoms. The fourth-order valence-corrected chi connectivity index (χ4v) is 4.76. The van der Waals surface area contributed by atoms with Crippen LogP contribution in [0.15, 0.2) is 48.7 Å². The third kappa shape index (κ3) is 3.61. The summed E-state index contributed by atoms with van der Waals surface area (Å²) in [7, 11) is 0. The minimum Gasteiger partial charge on any atom is -0.490 e. The second-order valence-electron chi connectivity index (χ2n) is 8.63. The van der Waals surface area contributed by atoms with Crippen LogP contribution >= 0.6 is 0 Å². The largest absolute Gasteiger partial charge is 0.490 e. The van der Waals surface area contributed by atoms with Crippen molar-refractivity contribution < 1.29 is 14.3 Å². The normalized spacial score (nSPS) is 18.5. The number of amides is 2. The van der Waals surface area contributed by atoms with Gasteiger partial charge in [0.1, 0.15) is 0 Å². The summed E-state index contributed by atoms with van der Waals surface area (Å²) in [5.41, 5.74) is 4.41. The van der Waals surface area contributed by atoms with E-state index in [1.807, 2.05) is 48.2 Å². The molecule has 6 rings (SSSR count). The van der Waals surface area contributed by atoms with Crippen LogP contribution < -0.4 is 24.6 Å². The van der Waals surface area contributed by atoms with Crippen LogP contribution in [0.25, 0.3) is 11.3 Å². The summed E-state index contributed by atoms with van der Waals surface area (Å²) in [6.45, 7) is 4.93. The molecule has 0 radical (unpaired) electrons. The van der Waals surface area contributed by atoms with Gasteiger partial charge < -0.3 is 19.7 Å². The van der Waals surface area contributed by atoms with Gasteiger partial charge in [0.25, 0.3) is 0 Å². The number of rotatable bonds is 2. The van der Waals surface area contributed by atoms with E-state index in [2.05, 4.69) is 21.3 Å². The zero-order valence-electron chi connectivity index (χ0n) is 18.5. The van der Waals surface area contributed by atoms with Crippen molar-refractivity contribution in [2.24, 2.45) is 0 Å². The Morgan fingerprint density at radius 2 is 1.97 bits per heavy atom. The van der Waals surface area contributed by atoms with Crippen LogP contribution in [-0.4, -0.2) is 48.3 Å². The van der Waals surface area contributed by atoms with Crippen molar-refractivity contribution in [3.05, 3.63) is 54.4 Å². The summed E-state index contributed by atoms with van der Waals surface area (Å²) in [6.07, 6.45) is 3.53. The fraction of sp³-hybridized carbons (Fsp3) is 0.320. The van der Waals surface area contributed by atoms with E-state index in [4.69, 9.17) is 14.5 Å². The van der Waals surface area contributed by atoms with E-state index in [9.17, 15) is 4.79 Å². The number of aromatic nitrogens is 2. The average Bonchev–Trinajstić information content (AvgIpc) is 3.09. The van der Waals surface area contributed by atoms with Gasteiger partial charge in [0, 0.05) is 48.7 Å². The Kier molecular flexibility index (Phi) is 4.78. The highest BCUT2D eigenvalue weighted by Crippen LogP contribution is 2.40. The summed E-state index contributed by atoms with van der Waals surface area (Å²) in [4.78, 5) is 26.9. The summed E-state index contributed by atoms with van der Waals surface area (Å²) in [5.74, 6) is 2.06. The van der Waals surface area contributed by atoms with E-state index in [1.54, 1.807) is 6.20 Å². The molecule has 8 nitrogen and oxygen atoms in total. The summed E-state index contributed by atoms with van der Waals surface area (Å²) >= 11 is 0. The van der Waals surface area contributed by atoms with E-state index in [1.165, 1.54) is 0 Å². The molecule has 8 heteroatoms. The first-order valence-electron chi connectivity index (χ1n) is 11.3. The zero-order chi connectivity index (χ0) is 22.4. The maximum Gasteiger partial charge on any atom is 0.327 e. The molecule has 1 saturated heterocycles. The Bertz CT molecular complexity index is 1230. The topological polar surface area (TPSA) is 79.8 Å². The molecule has 5 heterocycles. The predicted molar refractivity (Wildman–Crippen MR) is 126 cm³/mol. The highest BCUT2D eigenvalue weighted by Gasteiger charge is 2.40. The second kappa shape index (κ2) is 7.95. The van der Waals surface area contributed by atoms with Gasteiger partial charge in [-0.1, -0.05) is 0 Å². The number of pyridine rings is 2. The Morgan fingerprint density at radius 3 is 2.85 bits per heavy atom. The average molecular weight is 444 g/mol. The minimum absolute atomic E-state index is 0.0832. The van der Waals surface area contributed by atoms with E-state index in [0.717, 1.165) is 48.6 Å². The Morgan fingerprint density at radius 1 is 1.09 bits per heavy atom. The number of urea groups is 1. The van der Waals surface area contributed by atoms with Crippen LogP contribution in [0.1, 0.15) is 18.5 Å². The quantitative estimate of drug-likeness (QED) is 0.638. The molecule has 168 valence electrons. The summed E-state index contributed by atoms with van der Waals surface area (Å²) in [6, 6.07) is 13.5. The highest BCUT2D eigenvalue weighted by atomic mass is 16.5. The molecular weight excluding hydrogens is 418 g/mol. The SMILES string of the molecule is Cc1cc(-c2ccc3c(n2)N(C(=O)Nc2ccc4c(c2)OCCCO4)[C@H]2CCN3C2)ccn1. The molecule has 2 amide bonds. The lowest BCUT2D eigenvalue weighted by atomic mass is 10.1. The van der Waals surface area contributed by atoms with Gasteiger partial charge in [-0.05, 0) is 49.7 Å². The molecule has 3 aromatic rings. The van der Waals surface area contributed by atoms with Crippen LogP contribution in [0, 0.1) is 6.92 Å². The van der Waals surface area contributed by atoms with Crippen LogP contribution in [0.5, 0.6) is 11.5 Å².